The molecule has 0 unspecified atom stereocenters. The van der Waals surface area contributed by atoms with Crippen molar-refractivity contribution in [3.05, 3.63) is 35.4 Å². The molecule has 1 aromatic carbocycles. The average molecular weight is 174 g/mol. The molecule has 0 N–H and O–H groups in total. The third-order valence-electron chi connectivity index (χ3n) is 2.95. The molecule has 0 bridgehead atoms. The molecule has 0 amide bonds. The van der Waals surface area contributed by atoms with Gasteiger partial charge in [0, 0.05) is 0 Å². The van der Waals surface area contributed by atoms with Crippen LogP contribution in [-0.2, 0) is 16.6 Å². The fraction of sp³-hybridized carbons (Fsp3) is 0.417. The van der Waals surface area contributed by atoms with Gasteiger partial charge in [0.15, 0.2) is 0 Å². The Morgan fingerprint density at radius 3 is 2.31 bits per heavy atom. The third kappa shape index (κ3) is 1.39. The molecule has 1 aliphatic carbocycles. The highest BCUT2D eigenvalue weighted by atomic mass is 16.1. The van der Waals surface area contributed by atoms with Gasteiger partial charge < -0.3 is 4.79 Å². The van der Waals surface area contributed by atoms with Crippen LogP contribution in [0, 0.1) is 0 Å². The van der Waals surface area contributed by atoms with Gasteiger partial charge in [-0.25, -0.2) is 0 Å². The third-order valence-corrected chi connectivity index (χ3v) is 2.95. The molecule has 2 rings (SSSR count). The predicted molar refractivity (Wildman–Crippen MR) is 52.8 cm³/mol. The summed E-state index contributed by atoms with van der Waals surface area (Å²) < 4.78 is 0. The molecule has 0 heterocycles. The number of hydrogen-bond donors (Lipinski definition) is 0. The fourth-order valence-electron chi connectivity index (χ4n) is 1.68. The van der Waals surface area contributed by atoms with Gasteiger partial charge in [0.25, 0.3) is 0 Å². The van der Waals surface area contributed by atoms with Gasteiger partial charge in [0.2, 0.25) is 0 Å². The molecule has 0 spiro atoms. The van der Waals surface area contributed by atoms with E-state index < -0.39 is 0 Å². The lowest BCUT2D eigenvalue weighted by Gasteiger charge is -2.07. The van der Waals surface area contributed by atoms with Gasteiger partial charge >= 0.3 is 0 Å². The van der Waals surface area contributed by atoms with E-state index in [9.17, 15) is 4.79 Å². The highest BCUT2D eigenvalue weighted by Crippen LogP contribution is 2.46. The monoisotopic (exact) mass is 174 g/mol. The van der Waals surface area contributed by atoms with Gasteiger partial charge in [0.05, 0.1) is 5.41 Å². The molecule has 1 nitrogen and oxygen atoms in total. The number of aryl methyl sites for hydroxylation is 1. The maximum atomic E-state index is 10.8. The van der Waals surface area contributed by atoms with Gasteiger partial charge in [-0.1, -0.05) is 31.2 Å². The molecule has 1 saturated carbocycles. The highest BCUT2D eigenvalue weighted by molar-refractivity contribution is 5.73. The first-order valence-electron chi connectivity index (χ1n) is 4.86. The molecule has 1 heteroatoms. The molecule has 1 aliphatic rings. The molecule has 0 saturated heterocycles. The van der Waals surface area contributed by atoms with E-state index in [1.54, 1.807) is 0 Å². The van der Waals surface area contributed by atoms with Crippen LogP contribution >= 0.6 is 0 Å². The van der Waals surface area contributed by atoms with Crippen LogP contribution in [-0.4, -0.2) is 6.29 Å². The van der Waals surface area contributed by atoms with E-state index in [0.717, 1.165) is 25.5 Å². The Labute approximate surface area is 78.8 Å². The first kappa shape index (κ1) is 8.49. The standard InChI is InChI=1S/C12H14O/c1-2-10-3-5-11(6-4-10)12(9-13)7-8-12/h3-6,9H,2,7-8H2,1H3. The van der Waals surface area contributed by atoms with E-state index >= 15 is 0 Å². The number of carbonyl (C=O) groups is 1. The lowest BCUT2D eigenvalue weighted by Crippen LogP contribution is -2.07. The Kier molecular flexibility index (Phi) is 1.95. The summed E-state index contributed by atoms with van der Waals surface area (Å²) in [6, 6.07) is 8.44. The van der Waals surface area contributed by atoms with Crippen molar-refractivity contribution in [3.63, 3.8) is 0 Å². The second-order valence-electron chi connectivity index (χ2n) is 3.82. The second kappa shape index (κ2) is 2.99. The second-order valence-corrected chi connectivity index (χ2v) is 3.82. The maximum absolute atomic E-state index is 10.8. The molecule has 0 radical (unpaired) electrons. The minimum absolute atomic E-state index is 0.105. The van der Waals surface area contributed by atoms with Crippen molar-refractivity contribution in [2.24, 2.45) is 0 Å². The van der Waals surface area contributed by atoms with Crippen LogP contribution in [0.3, 0.4) is 0 Å². The van der Waals surface area contributed by atoms with E-state index in [0.29, 0.717) is 0 Å². The zero-order valence-electron chi connectivity index (χ0n) is 7.92. The summed E-state index contributed by atoms with van der Waals surface area (Å²) in [5.41, 5.74) is 2.43. The minimum atomic E-state index is -0.105. The van der Waals surface area contributed by atoms with Crippen LogP contribution in [0.25, 0.3) is 0 Å². The van der Waals surface area contributed by atoms with Gasteiger partial charge in [-0.2, -0.15) is 0 Å². The molecular weight excluding hydrogens is 160 g/mol. The van der Waals surface area contributed by atoms with Gasteiger partial charge in [-0.15, -0.1) is 0 Å². The van der Waals surface area contributed by atoms with Crippen LogP contribution in [0.15, 0.2) is 24.3 Å². The number of rotatable bonds is 3. The van der Waals surface area contributed by atoms with E-state index in [-0.39, 0.29) is 5.41 Å². The van der Waals surface area contributed by atoms with Gasteiger partial charge in [0.1, 0.15) is 6.29 Å². The lowest BCUT2D eigenvalue weighted by molar-refractivity contribution is -0.109. The largest absolute Gasteiger partial charge is 0.302 e. The topological polar surface area (TPSA) is 17.1 Å². The quantitative estimate of drug-likeness (QED) is 0.643. The molecule has 13 heavy (non-hydrogen) atoms. The highest BCUT2D eigenvalue weighted by Gasteiger charge is 2.43. The van der Waals surface area contributed by atoms with E-state index in [1.165, 1.54) is 11.1 Å². The molecule has 0 aliphatic heterocycles. The number of carbonyl (C=O) groups excluding carboxylic acids is 1. The molecule has 1 aromatic rings. The number of benzene rings is 1. The summed E-state index contributed by atoms with van der Waals surface area (Å²) in [7, 11) is 0. The summed E-state index contributed by atoms with van der Waals surface area (Å²) in [6.07, 6.45) is 4.23. The Morgan fingerprint density at radius 1 is 1.31 bits per heavy atom. The molecule has 68 valence electrons. The Hall–Kier alpha value is -1.11. The number of aldehydes is 1. The smallest absolute Gasteiger partial charge is 0.130 e. The van der Waals surface area contributed by atoms with Crippen LogP contribution in [0.1, 0.15) is 30.9 Å². The summed E-state index contributed by atoms with van der Waals surface area (Å²) in [4.78, 5) is 10.8. The number of hydrogen-bond acceptors (Lipinski definition) is 1. The van der Waals surface area contributed by atoms with Crippen molar-refractivity contribution < 1.29 is 4.79 Å². The predicted octanol–water partition coefficient (Wildman–Crippen LogP) is 2.48. The van der Waals surface area contributed by atoms with Crippen LogP contribution < -0.4 is 0 Å². The zero-order chi connectivity index (χ0) is 9.31. The van der Waals surface area contributed by atoms with E-state index in [1.807, 2.05) is 0 Å². The van der Waals surface area contributed by atoms with Crippen LogP contribution in [0.2, 0.25) is 0 Å². The Morgan fingerprint density at radius 2 is 1.92 bits per heavy atom. The molecule has 0 atom stereocenters. The van der Waals surface area contributed by atoms with Crippen molar-refractivity contribution in [1.82, 2.24) is 0 Å². The fourth-order valence-corrected chi connectivity index (χ4v) is 1.68. The minimum Gasteiger partial charge on any atom is -0.302 e. The molecule has 1 fully saturated rings. The SMILES string of the molecule is CCc1ccc(C2(C=O)CC2)cc1. The van der Waals surface area contributed by atoms with Crippen molar-refractivity contribution in [2.75, 3.05) is 0 Å². The summed E-state index contributed by atoms with van der Waals surface area (Å²) in [6.45, 7) is 2.14. The average Bonchev–Trinajstić information content (AvgIpc) is 2.99. The van der Waals surface area contributed by atoms with Gasteiger partial charge in [-0.3, -0.25) is 0 Å². The maximum Gasteiger partial charge on any atom is 0.130 e. The Balaban J connectivity index is 2.28. The normalized spacial score (nSPS) is 18.2. The molecular formula is C12H14O. The summed E-state index contributed by atoms with van der Waals surface area (Å²) in [5.74, 6) is 0. The van der Waals surface area contributed by atoms with Crippen LogP contribution in [0.5, 0.6) is 0 Å². The molecule has 0 aromatic heterocycles. The van der Waals surface area contributed by atoms with Crippen molar-refractivity contribution in [1.29, 1.82) is 0 Å². The van der Waals surface area contributed by atoms with Gasteiger partial charge in [-0.05, 0) is 30.4 Å². The van der Waals surface area contributed by atoms with Crippen molar-refractivity contribution in [3.8, 4) is 0 Å². The Bertz CT molecular complexity index is 306. The first-order chi connectivity index (χ1) is 6.30. The van der Waals surface area contributed by atoms with Crippen molar-refractivity contribution >= 4 is 6.29 Å². The summed E-state index contributed by atoms with van der Waals surface area (Å²) >= 11 is 0. The van der Waals surface area contributed by atoms with Crippen molar-refractivity contribution in [2.45, 2.75) is 31.6 Å². The van der Waals surface area contributed by atoms with Crippen LogP contribution in [0.4, 0.5) is 0 Å². The lowest BCUT2D eigenvalue weighted by atomic mass is 9.96. The summed E-state index contributed by atoms with van der Waals surface area (Å²) in [5, 5.41) is 0. The zero-order valence-corrected chi connectivity index (χ0v) is 7.92. The van der Waals surface area contributed by atoms with E-state index in [2.05, 4.69) is 31.2 Å². The first-order valence-corrected chi connectivity index (χ1v) is 4.86. The van der Waals surface area contributed by atoms with E-state index in [4.69, 9.17) is 0 Å².